The Labute approximate surface area is 135 Å². The number of nitrogens with zero attached hydrogens (tertiary/aromatic N) is 1. The van der Waals surface area contributed by atoms with Crippen LogP contribution >= 0.6 is 0 Å². The van der Waals surface area contributed by atoms with Crippen LogP contribution in [0.15, 0.2) is 47.6 Å². The smallest absolute Gasteiger partial charge is 0.273 e. The van der Waals surface area contributed by atoms with Crippen LogP contribution in [0.5, 0.6) is 11.5 Å². The van der Waals surface area contributed by atoms with Crippen LogP contribution in [0, 0.1) is 13.8 Å². The van der Waals surface area contributed by atoms with Gasteiger partial charge in [-0.25, -0.2) is 0 Å². The Morgan fingerprint density at radius 2 is 1.74 bits per heavy atom. The van der Waals surface area contributed by atoms with Crippen LogP contribution in [0.1, 0.15) is 16.7 Å². The van der Waals surface area contributed by atoms with Gasteiger partial charge in [0.1, 0.15) is 18.6 Å². The number of amides is 1. The first-order chi connectivity index (χ1) is 11.1. The maximum Gasteiger partial charge on any atom is 0.273 e. The van der Waals surface area contributed by atoms with Crippen LogP contribution in [-0.4, -0.2) is 25.8 Å². The fraction of sp³-hybridized carbons (Fsp3) is 0.222. The molecule has 0 spiro atoms. The molecule has 0 radical (unpaired) electrons. The highest BCUT2D eigenvalue weighted by Gasteiger charge is 2.19. The quantitative estimate of drug-likeness (QED) is 0.681. The molecule has 1 N–H and O–H groups in total. The molecule has 0 atom stereocenters. The standard InChI is InChI=1S/C18H20N2O3/c1-12-8-7-11-15(13(12)2)23-16-10-6-5-9-14(16)17(20-22-4)18(21)19-3/h5-11H,1-4H3,(H,19,21). The molecule has 120 valence electrons. The summed E-state index contributed by atoms with van der Waals surface area (Å²) in [4.78, 5) is 16.9. The summed E-state index contributed by atoms with van der Waals surface area (Å²) in [6, 6.07) is 13.1. The summed E-state index contributed by atoms with van der Waals surface area (Å²) >= 11 is 0. The van der Waals surface area contributed by atoms with Gasteiger partial charge in [-0.2, -0.15) is 0 Å². The Kier molecular flexibility index (Phi) is 5.36. The molecule has 0 aromatic heterocycles. The normalized spacial score (nSPS) is 11.0. The van der Waals surface area contributed by atoms with Crippen molar-refractivity contribution in [1.82, 2.24) is 5.32 Å². The third-order valence-corrected chi connectivity index (χ3v) is 3.54. The van der Waals surface area contributed by atoms with Crippen molar-refractivity contribution in [1.29, 1.82) is 0 Å². The summed E-state index contributed by atoms with van der Waals surface area (Å²) < 4.78 is 6.03. The van der Waals surface area contributed by atoms with E-state index >= 15 is 0 Å². The molecule has 2 aromatic carbocycles. The Morgan fingerprint density at radius 1 is 1.04 bits per heavy atom. The molecular weight excluding hydrogens is 292 g/mol. The zero-order valence-corrected chi connectivity index (χ0v) is 13.7. The van der Waals surface area contributed by atoms with Gasteiger partial charge in [0.25, 0.3) is 5.91 Å². The van der Waals surface area contributed by atoms with Gasteiger partial charge in [-0.05, 0) is 43.2 Å². The number of rotatable bonds is 5. The van der Waals surface area contributed by atoms with E-state index < -0.39 is 0 Å². The number of carbonyl (C=O) groups excluding carboxylic acids is 1. The highest BCUT2D eigenvalue weighted by Crippen LogP contribution is 2.29. The molecule has 0 bridgehead atoms. The zero-order chi connectivity index (χ0) is 16.8. The first-order valence-corrected chi connectivity index (χ1v) is 7.25. The topological polar surface area (TPSA) is 59.9 Å². The number of aryl methyl sites for hydroxylation is 1. The number of likely N-dealkylation sites (N-methyl/N-ethyl adjacent to an activating group) is 1. The number of para-hydroxylation sites is 1. The highest BCUT2D eigenvalue weighted by atomic mass is 16.6. The molecule has 2 rings (SSSR count). The molecule has 0 saturated heterocycles. The van der Waals surface area contributed by atoms with Crippen molar-refractivity contribution < 1.29 is 14.4 Å². The molecule has 0 aliphatic rings. The van der Waals surface area contributed by atoms with E-state index in [2.05, 4.69) is 10.5 Å². The van der Waals surface area contributed by atoms with Crippen molar-refractivity contribution in [3.8, 4) is 11.5 Å². The lowest BCUT2D eigenvalue weighted by Gasteiger charge is -2.14. The van der Waals surface area contributed by atoms with Crippen molar-refractivity contribution in [3.05, 3.63) is 59.2 Å². The highest BCUT2D eigenvalue weighted by molar-refractivity contribution is 6.45. The molecule has 0 heterocycles. The summed E-state index contributed by atoms with van der Waals surface area (Å²) in [6.07, 6.45) is 0. The van der Waals surface area contributed by atoms with E-state index in [1.807, 2.05) is 44.2 Å². The predicted octanol–water partition coefficient (Wildman–Crippen LogP) is 3.19. The Morgan fingerprint density at radius 3 is 2.43 bits per heavy atom. The van der Waals surface area contributed by atoms with Crippen LogP contribution in [0.4, 0.5) is 0 Å². The maximum atomic E-state index is 12.1. The summed E-state index contributed by atoms with van der Waals surface area (Å²) in [5.74, 6) is 0.940. The van der Waals surface area contributed by atoms with Crippen molar-refractivity contribution in [2.45, 2.75) is 13.8 Å². The van der Waals surface area contributed by atoms with Crippen molar-refractivity contribution in [2.75, 3.05) is 14.2 Å². The molecule has 1 amide bonds. The lowest BCUT2D eigenvalue weighted by atomic mass is 10.1. The van der Waals surface area contributed by atoms with Crippen molar-refractivity contribution in [2.24, 2.45) is 5.16 Å². The summed E-state index contributed by atoms with van der Waals surface area (Å²) in [6.45, 7) is 4.02. The second-order valence-electron chi connectivity index (χ2n) is 5.00. The maximum absolute atomic E-state index is 12.1. The van der Waals surface area contributed by atoms with Gasteiger partial charge >= 0.3 is 0 Å². The third-order valence-electron chi connectivity index (χ3n) is 3.54. The minimum atomic E-state index is -0.344. The lowest BCUT2D eigenvalue weighted by Crippen LogP contribution is -2.28. The molecule has 2 aromatic rings. The molecule has 5 nitrogen and oxygen atoms in total. The van der Waals surface area contributed by atoms with Gasteiger partial charge in [-0.15, -0.1) is 0 Å². The van der Waals surface area contributed by atoms with Crippen LogP contribution in [0.2, 0.25) is 0 Å². The molecular formula is C18H20N2O3. The largest absolute Gasteiger partial charge is 0.456 e. The average molecular weight is 312 g/mol. The van der Waals surface area contributed by atoms with E-state index in [9.17, 15) is 4.79 Å². The third kappa shape index (κ3) is 3.69. The number of nitrogens with one attached hydrogen (secondary N) is 1. The van der Waals surface area contributed by atoms with E-state index in [1.54, 1.807) is 19.2 Å². The van der Waals surface area contributed by atoms with Crippen LogP contribution in [0.3, 0.4) is 0 Å². The molecule has 0 unspecified atom stereocenters. The molecule has 0 fully saturated rings. The Balaban J connectivity index is 2.47. The number of ether oxygens (including phenoxy) is 1. The van der Waals surface area contributed by atoms with Gasteiger partial charge in [-0.3, -0.25) is 4.79 Å². The van der Waals surface area contributed by atoms with Gasteiger partial charge in [0.15, 0.2) is 5.71 Å². The van der Waals surface area contributed by atoms with Gasteiger partial charge in [0.2, 0.25) is 0 Å². The number of hydrogen-bond acceptors (Lipinski definition) is 4. The lowest BCUT2D eigenvalue weighted by molar-refractivity contribution is -0.114. The van der Waals surface area contributed by atoms with E-state index in [0.29, 0.717) is 11.3 Å². The average Bonchev–Trinajstić information content (AvgIpc) is 2.57. The molecule has 23 heavy (non-hydrogen) atoms. The van der Waals surface area contributed by atoms with Gasteiger partial charge in [0, 0.05) is 7.05 Å². The van der Waals surface area contributed by atoms with Gasteiger partial charge in [0.05, 0.1) is 5.56 Å². The summed E-state index contributed by atoms with van der Waals surface area (Å²) in [5.41, 5.74) is 2.91. The number of carbonyl (C=O) groups is 1. The van der Waals surface area contributed by atoms with E-state index in [-0.39, 0.29) is 11.6 Å². The Hall–Kier alpha value is -2.82. The minimum Gasteiger partial charge on any atom is -0.456 e. The van der Waals surface area contributed by atoms with Crippen LogP contribution in [-0.2, 0) is 9.63 Å². The second-order valence-corrected chi connectivity index (χ2v) is 5.00. The predicted molar refractivity (Wildman–Crippen MR) is 90.0 cm³/mol. The first-order valence-electron chi connectivity index (χ1n) is 7.25. The van der Waals surface area contributed by atoms with Gasteiger partial charge < -0.3 is 14.9 Å². The first kappa shape index (κ1) is 16.5. The van der Waals surface area contributed by atoms with E-state index in [0.717, 1.165) is 16.9 Å². The minimum absolute atomic E-state index is 0.163. The molecule has 5 heteroatoms. The number of benzene rings is 2. The fourth-order valence-corrected chi connectivity index (χ4v) is 2.13. The molecule has 0 aliphatic carbocycles. The van der Waals surface area contributed by atoms with E-state index in [1.165, 1.54) is 7.11 Å². The van der Waals surface area contributed by atoms with E-state index in [4.69, 9.17) is 9.57 Å². The fourth-order valence-electron chi connectivity index (χ4n) is 2.13. The number of hydrogen-bond donors (Lipinski definition) is 1. The summed E-state index contributed by atoms with van der Waals surface area (Å²) in [5, 5.41) is 6.39. The SMILES string of the molecule is CNC(=O)C(=NOC)c1ccccc1Oc1cccc(C)c1C. The van der Waals surface area contributed by atoms with Gasteiger partial charge in [-0.1, -0.05) is 29.4 Å². The summed E-state index contributed by atoms with van der Waals surface area (Å²) in [7, 11) is 2.94. The van der Waals surface area contributed by atoms with Crippen molar-refractivity contribution >= 4 is 11.6 Å². The zero-order valence-electron chi connectivity index (χ0n) is 13.7. The molecule has 0 aliphatic heterocycles. The Bertz CT molecular complexity index is 739. The van der Waals surface area contributed by atoms with Crippen LogP contribution < -0.4 is 10.1 Å². The monoisotopic (exact) mass is 312 g/mol. The van der Waals surface area contributed by atoms with Crippen LogP contribution in [0.25, 0.3) is 0 Å². The van der Waals surface area contributed by atoms with Crippen molar-refractivity contribution in [3.63, 3.8) is 0 Å². The number of oxime groups is 1. The molecule has 0 saturated carbocycles. The second kappa shape index (κ2) is 7.45.